The number of phenols is 3. The molecule has 0 aromatic heterocycles. The zero-order valence-electron chi connectivity index (χ0n) is 13.4. The van der Waals surface area contributed by atoms with Crippen molar-refractivity contribution in [3.05, 3.63) is 53.6 Å². The summed E-state index contributed by atoms with van der Waals surface area (Å²) in [6.45, 7) is 2.80. The maximum atomic E-state index is 9.08. The maximum Gasteiger partial charge on any atom is 0.157 e. The van der Waals surface area contributed by atoms with Crippen molar-refractivity contribution < 1.29 is 15.3 Å². The van der Waals surface area contributed by atoms with E-state index in [-0.39, 0.29) is 23.9 Å². The molecule has 0 amide bonds. The van der Waals surface area contributed by atoms with Crippen molar-refractivity contribution in [1.29, 1.82) is 0 Å². The molecule has 0 unspecified atom stereocenters. The second-order valence-electron chi connectivity index (χ2n) is 5.13. The zero-order chi connectivity index (χ0) is 16.4. The van der Waals surface area contributed by atoms with Crippen LogP contribution in [-0.2, 0) is 12.8 Å². The molecule has 0 spiro atoms. The lowest BCUT2D eigenvalue weighted by Crippen LogP contribution is -1.99. The molecule has 0 aliphatic rings. The van der Waals surface area contributed by atoms with Crippen molar-refractivity contribution in [2.75, 3.05) is 6.54 Å². The molecule has 0 aliphatic heterocycles. The molecule has 0 atom stereocenters. The van der Waals surface area contributed by atoms with Crippen LogP contribution in [0.25, 0.3) is 0 Å². The number of nitrogens with two attached hydrogens (primary N) is 1. The Morgan fingerprint density at radius 1 is 0.826 bits per heavy atom. The van der Waals surface area contributed by atoms with Crippen LogP contribution in [0, 0.1) is 0 Å². The Bertz CT molecular complexity index is 559. The summed E-state index contributed by atoms with van der Waals surface area (Å²) in [5.41, 5.74) is 7.64. The summed E-state index contributed by atoms with van der Waals surface area (Å²) in [5, 5.41) is 27.0. The highest BCUT2D eigenvalue weighted by molar-refractivity contribution is 5.85. The Labute approximate surface area is 144 Å². The third kappa shape index (κ3) is 8.33. The lowest BCUT2D eigenvalue weighted by Gasteiger charge is -2.00. The summed E-state index contributed by atoms with van der Waals surface area (Å²) in [5.74, 6) is 0.238. The monoisotopic (exact) mass is 339 g/mol. The fourth-order valence-corrected chi connectivity index (χ4v) is 1.98. The molecule has 128 valence electrons. The largest absolute Gasteiger partial charge is 0.508 e. The number of aromatic hydroxyl groups is 3. The van der Waals surface area contributed by atoms with Crippen molar-refractivity contribution in [3.63, 3.8) is 0 Å². The van der Waals surface area contributed by atoms with Gasteiger partial charge in [0.15, 0.2) is 11.5 Å². The molecular formula is C18H26ClNO3. The first-order chi connectivity index (χ1) is 10.6. The van der Waals surface area contributed by atoms with Crippen LogP contribution in [0.4, 0.5) is 0 Å². The van der Waals surface area contributed by atoms with E-state index in [1.54, 1.807) is 18.2 Å². The van der Waals surface area contributed by atoms with E-state index in [1.165, 1.54) is 11.6 Å². The van der Waals surface area contributed by atoms with E-state index in [9.17, 15) is 0 Å². The van der Waals surface area contributed by atoms with E-state index < -0.39 is 0 Å². The lowest BCUT2D eigenvalue weighted by atomic mass is 10.1. The molecular weight excluding hydrogens is 314 g/mol. The molecule has 0 saturated carbocycles. The van der Waals surface area contributed by atoms with Gasteiger partial charge in [-0.3, -0.25) is 0 Å². The molecule has 2 aromatic rings. The van der Waals surface area contributed by atoms with Crippen LogP contribution in [0.2, 0.25) is 0 Å². The molecule has 0 heterocycles. The smallest absolute Gasteiger partial charge is 0.157 e. The molecule has 0 bridgehead atoms. The van der Waals surface area contributed by atoms with E-state index in [0.29, 0.717) is 5.75 Å². The number of aryl methyl sites for hydroxylation is 2. The fourth-order valence-electron chi connectivity index (χ4n) is 1.98. The Morgan fingerprint density at radius 2 is 1.43 bits per heavy atom. The fraction of sp³-hybridized carbons (Fsp3) is 0.333. The van der Waals surface area contributed by atoms with Gasteiger partial charge in [-0.25, -0.2) is 0 Å². The minimum atomic E-state index is -0.0511. The number of hydrogen-bond acceptors (Lipinski definition) is 4. The number of benzene rings is 2. The van der Waals surface area contributed by atoms with Gasteiger partial charge < -0.3 is 21.1 Å². The van der Waals surface area contributed by atoms with Gasteiger partial charge in [-0.1, -0.05) is 31.5 Å². The second-order valence-corrected chi connectivity index (χ2v) is 5.13. The van der Waals surface area contributed by atoms with Crippen LogP contribution >= 0.6 is 12.4 Å². The van der Waals surface area contributed by atoms with Crippen LogP contribution < -0.4 is 5.73 Å². The molecule has 2 rings (SSSR count). The second kappa shape index (κ2) is 11.6. The quantitative estimate of drug-likeness (QED) is 0.625. The van der Waals surface area contributed by atoms with Crippen molar-refractivity contribution in [3.8, 4) is 17.2 Å². The van der Waals surface area contributed by atoms with Crippen LogP contribution in [0.1, 0.15) is 30.9 Å². The summed E-state index contributed by atoms with van der Waals surface area (Å²) < 4.78 is 0. The van der Waals surface area contributed by atoms with Crippen molar-refractivity contribution in [2.24, 2.45) is 5.73 Å². The highest BCUT2D eigenvalue weighted by Gasteiger charge is 1.98. The van der Waals surface area contributed by atoms with Crippen molar-refractivity contribution >= 4 is 12.4 Å². The molecule has 5 N–H and O–H groups in total. The van der Waals surface area contributed by atoms with Gasteiger partial charge in [0.1, 0.15) is 5.75 Å². The summed E-state index contributed by atoms with van der Waals surface area (Å²) in [6, 6.07) is 12.2. The van der Waals surface area contributed by atoms with Gasteiger partial charge in [0.05, 0.1) is 0 Å². The molecule has 0 fully saturated rings. The summed E-state index contributed by atoms with van der Waals surface area (Å²) in [7, 11) is 0. The van der Waals surface area contributed by atoms with Gasteiger partial charge in [0, 0.05) is 0 Å². The van der Waals surface area contributed by atoms with Gasteiger partial charge >= 0.3 is 0 Å². The number of halogens is 1. The predicted molar refractivity (Wildman–Crippen MR) is 96.5 cm³/mol. The normalized spacial score (nSPS) is 9.48. The first-order valence-electron chi connectivity index (χ1n) is 7.55. The Balaban J connectivity index is 0.000000403. The van der Waals surface area contributed by atoms with E-state index >= 15 is 0 Å². The van der Waals surface area contributed by atoms with Crippen molar-refractivity contribution in [2.45, 2.75) is 32.6 Å². The Kier molecular flexibility index (Phi) is 10.7. The van der Waals surface area contributed by atoms with E-state index in [2.05, 4.69) is 6.92 Å². The zero-order valence-corrected chi connectivity index (χ0v) is 14.2. The van der Waals surface area contributed by atoms with Crippen LogP contribution in [0.15, 0.2) is 42.5 Å². The third-order valence-corrected chi connectivity index (χ3v) is 3.18. The van der Waals surface area contributed by atoms with E-state index in [1.807, 2.05) is 18.2 Å². The topological polar surface area (TPSA) is 86.7 Å². The Morgan fingerprint density at radius 3 is 1.96 bits per heavy atom. The molecule has 4 nitrogen and oxygen atoms in total. The molecule has 0 aliphatic carbocycles. The average Bonchev–Trinajstić information content (AvgIpc) is 2.51. The standard InChI is InChI=1S/C9H13NO.C9H12O2.ClH/c10-7-1-2-8-3-5-9(11)6-4-8;1-2-3-7-4-5-8(10)9(11)6-7;/h3-6,11H,1-2,7,10H2;4-6,10-11H,2-3H2,1H3;1H. The minimum absolute atomic E-state index is 0. The van der Waals surface area contributed by atoms with Gasteiger partial charge in [-0.2, -0.15) is 0 Å². The predicted octanol–water partition coefficient (Wildman–Crippen LogP) is 3.76. The maximum absolute atomic E-state index is 9.08. The minimum Gasteiger partial charge on any atom is -0.508 e. The molecule has 5 heteroatoms. The molecule has 2 aromatic carbocycles. The number of hydrogen-bond donors (Lipinski definition) is 4. The lowest BCUT2D eigenvalue weighted by molar-refractivity contribution is 0.403. The summed E-state index contributed by atoms with van der Waals surface area (Å²) in [6.07, 6.45) is 3.99. The van der Waals surface area contributed by atoms with Crippen molar-refractivity contribution in [1.82, 2.24) is 0 Å². The highest BCUT2D eigenvalue weighted by atomic mass is 35.5. The highest BCUT2D eigenvalue weighted by Crippen LogP contribution is 2.25. The molecule has 0 saturated heterocycles. The van der Waals surface area contributed by atoms with E-state index in [0.717, 1.165) is 37.8 Å². The summed E-state index contributed by atoms with van der Waals surface area (Å²) in [4.78, 5) is 0. The van der Waals surface area contributed by atoms with Gasteiger partial charge in [-0.05, 0) is 61.2 Å². The van der Waals surface area contributed by atoms with Gasteiger partial charge in [0.2, 0.25) is 0 Å². The number of phenolic OH excluding ortho intramolecular Hbond substituents is 3. The first-order valence-corrected chi connectivity index (χ1v) is 7.55. The first kappa shape index (κ1) is 21.1. The SMILES string of the molecule is CCCc1ccc(O)c(O)c1.Cl.NCCCc1ccc(O)cc1. The Hall–Kier alpha value is -1.91. The van der Waals surface area contributed by atoms with E-state index in [4.69, 9.17) is 21.1 Å². The summed E-state index contributed by atoms with van der Waals surface area (Å²) >= 11 is 0. The third-order valence-electron chi connectivity index (χ3n) is 3.18. The average molecular weight is 340 g/mol. The van der Waals surface area contributed by atoms with Crippen LogP contribution in [-0.4, -0.2) is 21.9 Å². The van der Waals surface area contributed by atoms with Gasteiger partial charge in [-0.15, -0.1) is 12.4 Å². The number of rotatable bonds is 5. The van der Waals surface area contributed by atoms with Gasteiger partial charge in [0.25, 0.3) is 0 Å². The molecule has 0 radical (unpaired) electrons. The van der Waals surface area contributed by atoms with Crippen LogP contribution in [0.3, 0.4) is 0 Å². The molecule has 23 heavy (non-hydrogen) atoms. The van der Waals surface area contributed by atoms with Crippen LogP contribution in [0.5, 0.6) is 17.2 Å².